The second-order valence-corrected chi connectivity index (χ2v) is 7.86. The molecule has 0 atom stereocenters. The van der Waals surface area contributed by atoms with Gasteiger partial charge in [0.25, 0.3) is 0 Å². The summed E-state index contributed by atoms with van der Waals surface area (Å²) in [6.45, 7) is 2.15. The van der Waals surface area contributed by atoms with Crippen LogP contribution in [0.3, 0.4) is 0 Å². The van der Waals surface area contributed by atoms with Crippen molar-refractivity contribution < 1.29 is 9.53 Å². The van der Waals surface area contributed by atoms with E-state index in [0.29, 0.717) is 12.2 Å². The molecular weight excluding hydrogens is 380 g/mol. The summed E-state index contributed by atoms with van der Waals surface area (Å²) in [6, 6.07) is 6.05. The van der Waals surface area contributed by atoms with E-state index in [2.05, 4.69) is 73.8 Å². The van der Waals surface area contributed by atoms with E-state index in [9.17, 15) is 4.79 Å². The molecule has 0 N–H and O–H groups in total. The van der Waals surface area contributed by atoms with Crippen LogP contribution in [-0.2, 0) is 17.6 Å². The van der Waals surface area contributed by atoms with E-state index in [1.807, 2.05) is 12.1 Å². The highest BCUT2D eigenvalue weighted by Crippen LogP contribution is 2.26. The molecule has 0 saturated carbocycles. The Morgan fingerprint density at radius 1 is 0.806 bits per heavy atom. The van der Waals surface area contributed by atoms with Crippen LogP contribution in [0.15, 0.2) is 79.0 Å². The van der Waals surface area contributed by atoms with Gasteiger partial charge in [0.15, 0.2) is 0 Å². The van der Waals surface area contributed by atoms with Gasteiger partial charge in [-0.05, 0) is 87.5 Å². The average Bonchev–Trinajstić information content (AvgIpc) is 3.24. The van der Waals surface area contributed by atoms with Crippen LogP contribution in [0.4, 0.5) is 0 Å². The Labute approximate surface area is 189 Å². The number of fused-ring (bicyclic) bond motifs is 1. The lowest BCUT2D eigenvalue weighted by atomic mass is 10.1. The minimum absolute atomic E-state index is 0.134. The molecule has 0 aliphatic heterocycles. The first-order valence-corrected chi connectivity index (χ1v) is 11.9. The molecule has 0 radical (unpaired) electrons. The van der Waals surface area contributed by atoms with E-state index in [1.54, 1.807) is 0 Å². The van der Waals surface area contributed by atoms with E-state index >= 15 is 0 Å². The molecule has 0 fully saturated rings. The molecule has 166 valence electrons. The summed E-state index contributed by atoms with van der Waals surface area (Å²) in [5.74, 6) is 0.561. The predicted octanol–water partition coefficient (Wildman–Crippen LogP) is 8.00. The van der Waals surface area contributed by atoms with Gasteiger partial charge >= 0.3 is 5.97 Å². The van der Waals surface area contributed by atoms with Gasteiger partial charge in [-0.15, -0.1) is 0 Å². The van der Waals surface area contributed by atoms with Crippen LogP contribution in [0.25, 0.3) is 0 Å². The number of unbranched alkanes of at least 4 members (excludes halogenated alkanes) is 1. The molecule has 0 aromatic heterocycles. The van der Waals surface area contributed by atoms with E-state index in [-0.39, 0.29) is 5.97 Å². The van der Waals surface area contributed by atoms with E-state index in [4.69, 9.17) is 4.74 Å². The second kappa shape index (κ2) is 16.1. The molecule has 1 aliphatic rings. The molecule has 1 aromatic rings. The molecule has 0 unspecified atom stereocenters. The lowest BCUT2D eigenvalue weighted by Gasteiger charge is -2.06. The molecule has 0 spiro atoms. The van der Waals surface area contributed by atoms with Crippen LogP contribution >= 0.6 is 0 Å². The maximum absolute atomic E-state index is 12.0. The third-order valence-electron chi connectivity index (χ3n) is 5.21. The fourth-order valence-electron chi connectivity index (χ4n) is 3.53. The van der Waals surface area contributed by atoms with Crippen molar-refractivity contribution in [1.82, 2.24) is 0 Å². The fourth-order valence-corrected chi connectivity index (χ4v) is 3.53. The number of ether oxygens (including phenoxy) is 1. The van der Waals surface area contributed by atoms with Crippen molar-refractivity contribution in [2.45, 2.75) is 77.6 Å². The molecule has 1 aromatic carbocycles. The maximum atomic E-state index is 12.0. The van der Waals surface area contributed by atoms with Crippen LogP contribution in [0.1, 0.15) is 75.8 Å². The minimum atomic E-state index is -0.134. The van der Waals surface area contributed by atoms with Crippen LogP contribution in [-0.4, -0.2) is 5.97 Å². The zero-order chi connectivity index (χ0) is 22.0. The summed E-state index contributed by atoms with van der Waals surface area (Å²) < 4.78 is 5.48. The van der Waals surface area contributed by atoms with Crippen molar-refractivity contribution in [3.63, 3.8) is 0 Å². The highest BCUT2D eigenvalue weighted by Gasteiger charge is 2.12. The summed E-state index contributed by atoms with van der Waals surface area (Å²) in [7, 11) is 0. The average molecular weight is 419 g/mol. The first-order chi connectivity index (χ1) is 15.3. The number of hydrogen-bond donors (Lipinski definition) is 0. The Balaban J connectivity index is 1.46. The van der Waals surface area contributed by atoms with Gasteiger partial charge in [0.1, 0.15) is 5.75 Å². The molecule has 2 nitrogen and oxygen atoms in total. The SMILES string of the molecule is CC/C=C\C/C=C\C/C=C\C/C=C\C/C=C\CCCC(=O)Oc1ccc2c(c1)CCC2. The number of carbonyl (C=O) groups is 1. The van der Waals surface area contributed by atoms with Crippen molar-refractivity contribution in [2.24, 2.45) is 0 Å². The van der Waals surface area contributed by atoms with Gasteiger partial charge in [-0.2, -0.15) is 0 Å². The number of rotatable bonds is 14. The predicted molar refractivity (Wildman–Crippen MR) is 132 cm³/mol. The number of allylic oxidation sites excluding steroid dienone is 10. The van der Waals surface area contributed by atoms with Gasteiger partial charge in [-0.25, -0.2) is 0 Å². The van der Waals surface area contributed by atoms with E-state index in [0.717, 1.165) is 57.8 Å². The zero-order valence-corrected chi connectivity index (χ0v) is 19.1. The Bertz CT molecular complexity index is 793. The molecule has 0 saturated heterocycles. The summed E-state index contributed by atoms with van der Waals surface area (Å²) in [4.78, 5) is 12.0. The first kappa shape index (κ1) is 24.7. The Morgan fingerprint density at radius 2 is 1.39 bits per heavy atom. The largest absolute Gasteiger partial charge is 0.427 e. The molecule has 0 heterocycles. The summed E-state index contributed by atoms with van der Waals surface area (Å²) >= 11 is 0. The Hall–Kier alpha value is -2.61. The molecule has 0 bridgehead atoms. The molecular formula is C29H38O2. The van der Waals surface area contributed by atoms with Crippen molar-refractivity contribution in [3.8, 4) is 5.75 Å². The van der Waals surface area contributed by atoms with Crippen molar-refractivity contribution in [2.75, 3.05) is 0 Å². The number of hydrogen-bond acceptors (Lipinski definition) is 2. The Kier molecular flexibility index (Phi) is 12.8. The molecule has 2 heteroatoms. The quantitative estimate of drug-likeness (QED) is 0.132. The number of esters is 1. The molecule has 1 aliphatic carbocycles. The van der Waals surface area contributed by atoms with E-state index < -0.39 is 0 Å². The second-order valence-electron chi connectivity index (χ2n) is 7.86. The van der Waals surface area contributed by atoms with Crippen LogP contribution < -0.4 is 4.74 Å². The number of aryl methyl sites for hydroxylation is 2. The number of benzene rings is 1. The normalized spacial score (nSPS) is 14.1. The minimum Gasteiger partial charge on any atom is -0.427 e. The van der Waals surface area contributed by atoms with Crippen molar-refractivity contribution in [1.29, 1.82) is 0 Å². The Morgan fingerprint density at radius 3 is 2.03 bits per heavy atom. The zero-order valence-electron chi connectivity index (χ0n) is 19.1. The maximum Gasteiger partial charge on any atom is 0.311 e. The smallest absolute Gasteiger partial charge is 0.311 e. The third kappa shape index (κ3) is 11.4. The molecule has 31 heavy (non-hydrogen) atoms. The monoisotopic (exact) mass is 418 g/mol. The first-order valence-electron chi connectivity index (χ1n) is 11.9. The standard InChI is InChI=1S/C29H38O2/c1-2-3-4-5-6-7-8-9-10-11-12-13-14-15-16-17-18-22-29(30)31-28-24-23-26-20-19-21-27(26)25-28/h3-4,6-7,9-10,12-13,15-16,23-25H,2,5,8,11,14,17-22H2,1H3/b4-3-,7-6-,10-9-,13-12-,16-15-. The van der Waals surface area contributed by atoms with Gasteiger partial charge < -0.3 is 4.74 Å². The molecule has 0 amide bonds. The summed E-state index contributed by atoms with van der Waals surface area (Å²) in [5, 5.41) is 0. The van der Waals surface area contributed by atoms with Crippen molar-refractivity contribution >= 4 is 5.97 Å². The van der Waals surface area contributed by atoms with Crippen LogP contribution in [0.2, 0.25) is 0 Å². The lowest BCUT2D eigenvalue weighted by molar-refractivity contribution is -0.134. The van der Waals surface area contributed by atoms with Gasteiger partial charge in [-0.1, -0.05) is 73.8 Å². The summed E-state index contributed by atoms with van der Waals surface area (Å²) in [5.41, 5.74) is 2.74. The van der Waals surface area contributed by atoms with Gasteiger partial charge in [-0.3, -0.25) is 4.79 Å². The van der Waals surface area contributed by atoms with Gasteiger partial charge in [0.05, 0.1) is 0 Å². The van der Waals surface area contributed by atoms with Crippen LogP contribution in [0.5, 0.6) is 5.75 Å². The highest BCUT2D eigenvalue weighted by atomic mass is 16.5. The molecule has 2 rings (SSSR count). The summed E-state index contributed by atoms with van der Waals surface area (Å²) in [6.07, 6.45) is 32.7. The third-order valence-corrected chi connectivity index (χ3v) is 5.21. The van der Waals surface area contributed by atoms with Crippen molar-refractivity contribution in [3.05, 3.63) is 90.1 Å². The fraction of sp³-hybridized carbons (Fsp3) is 0.414. The highest BCUT2D eigenvalue weighted by molar-refractivity contribution is 5.72. The van der Waals surface area contributed by atoms with Crippen LogP contribution in [0, 0.1) is 0 Å². The van der Waals surface area contributed by atoms with E-state index in [1.165, 1.54) is 17.5 Å². The topological polar surface area (TPSA) is 26.3 Å². The van der Waals surface area contributed by atoms with Gasteiger partial charge in [0, 0.05) is 6.42 Å². The number of carbonyl (C=O) groups excluding carboxylic acids is 1. The van der Waals surface area contributed by atoms with Gasteiger partial charge in [0.2, 0.25) is 0 Å². The lowest BCUT2D eigenvalue weighted by Crippen LogP contribution is -2.07.